The van der Waals surface area contributed by atoms with E-state index in [1.54, 1.807) is 7.11 Å². The van der Waals surface area contributed by atoms with E-state index in [1.165, 1.54) is 0 Å². The van der Waals surface area contributed by atoms with Crippen molar-refractivity contribution < 1.29 is 23.8 Å². The summed E-state index contributed by atoms with van der Waals surface area (Å²) in [6.45, 7) is 2.63. The second-order valence-corrected chi connectivity index (χ2v) is 9.43. The topological polar surface area (TPSA) is 110 Å². The van der Waals surface area contributed by atoms with E-state index in [4.69, 9.17) is 23.9 Å². The number of morpholine rings is 1. The number of carboxylic acid groups (broad SMARTS) is 1. The molecule has 3 heterocycles. The van der Waals surface area contributed by atoms with Gasteiger partial charge >= 0.3 is 6.09 Å². The van der Waals surface area contributed by atoms with Gasteiger partial charge in [-0.15, -0.1) is 0 Å². The summed E-state index contributed by atoms with van der Waals surface area (Å²) in [6.07, 6.45) is 1.56. The number of furan rings is 1. The number of aromatic nitrogens is 2. The molecular formula is C28H28N4O5. The maximum absolute atomic E-state index is 11.4. The van der Waals surface area contributed by atoms with E-state index in [2.05, 4.69) is 10.2 Å². The highest BCUT2D eigenvalue weighted by atomic mass is 16.5. The molecule has 37 heavy (non-hydrogen) atoms. The lowest BCUT2D eigenvalue weighted by Crippen LogP contribution is -2.50. The summed E-state index contributed by atoms with van der Waals surface area (Å²) in [5.74, 6) is 1.67. The maximum atomic E-state index is 11.4. The molecule has 1 saturated carbocycles. The molecule has 0 radical (unpaired) electrons. The standard InChI is InChI=1S/C28H28N4O5/c1-35-24-22-21(18-6-3-2-4-7-18)23(37-25(22)30-26(29-24)32-14-16-36-17-15-32)19-8-10-20(11-9-19)28(12-5-13-28)31-27(33)34/h2-4,6-11,31H,5,12-17H2,1H3,(H,33,34). The van der Waals surface area contributed by atoms with Crippen LogP contribution in [0.4, 0.5) is 10.7 Å². The number of hydrogen-bond acceptors (Lipinski definition) is 7. The molecule has 0 bridgehead atoms. The first-order valence-electron chi connectivity index (χ1n) is 12.5. The molecule has 1 aliphatic heterocycles. The SMILES string of the molecule is COc1nc(N2CCOCC2)nc2oc(-c3ccc(C4(NC(=O)O)CCC4)cc3)c(-c3ccccc3)c12. The molecule has 2 aromatic heterocycles. The Balaban J connectivity index is 1.49. The van der Waals surface area contributed by atoms with E-state index in [0.29, 0.717) is 55.0 Å². The Kier molecular flexibility index (Phi) is 5.92. The second-order valence-electron chi connectivity index (χ2n) is 9.43. The van der Waals surface area contributed by atoms with Gasteiger partial charge < -0.3 is 29.2 Å². The van der Waals surface area contributed by atoms with E-state index in [1.807, 2.05) is 54.6 Å². The number of hydrogen-bond donors (Lipinski definition) is 2. The molecule has 2 N–H and O–H groups in total. The van der Waals surface area contributed by atoms with Crippen LogP contribution in [0.5, 0.6) is 5.88 Å². The number of fused-ring (bicyclic) bond motifs is 1. The van der Waals surface area contributed by atoms with Crippen molar-refractivity contribution in [2.24, 2.45) is 0 Å². The molecule has 0 spiro atoms. The Morgan fingerprint density at radius 3 is 2.38 bits per heavy atom. The lowest BCUT2D eigenvalue weighted by molar-refractivity contribution is 0.122. The number of amides is 1. The summed E-state index contributed by atoms with van der Waals surface area (Å²) in [7, 11) is 1.61. The van der Waals surface area contributed by atoms with Crippen LogP contribution >= 0.6 is 0 Å². The number of nitrogens with one attached hydrogen (secondary N) is 1. The summed E-state index contributed by atoms with van der Waals surface area (Å²) in [5.41, 5.74) is 3.56. The zero-order chi connectivity index (χ0) is 25.4. The molecule has 1 saturated heterocycles. The van der Waals surface area contributed by atoms with Crippen LogP contribution in [0.15, 0.2) is 59.0 Å². The fraction of sp³-hybridized carbons (Fsp3) is 0.321. The van der Waals surface area contributed by atoms with Gasteiger partial charge in [-0.1, -0.05) is 54.6 Å². The van der Waals surface area contributed by atoms with Gasteiger partial charge in [-0.05, 0) is 30.4 Å². The van der Waals surface area contributed by atoms with Crippen LogP contribution in [-0.4, -0.2) is 54.6 Å². The van der Waals surface area contributed by atoms with E-state index in [-0.39, 0.29) is 0 Å². The molecule has 1 amide bonds. The third-order valence-corrected chi connectivity index (χ3v) is 7.31. The summed E-state index contributed by atoms with van der Waals surface area (Å²) >= 11 is 0. The van der Waals surface area contributed by atoms with Crippen LogP contribution < -0.4 is 15.0 Å². The quantitative estimate of drug-likeness (QED) is 0.379. The van der Waals surface area contributed by atoms with E-state index < -0.39 is 11.6 Å². The van der Waals surface area contributed by atoms with Gasteiger partial charge in [0.15, 0.2) is 0 Å². The maximum Gasteiger partial charge on any atom is 0.405 e. The summed E-state index contributed by atoms with van der Waals surface area (Å²) in [5, 5.41) is 12.8. The predicted octanol–water partition coefficient (Wildman–Crippen LogP) is 5.05. The van der Waals surface area contributed by atoms with Gasteiger partial charge in [0.05, 0.1) is 25.9 Å². The molecule has 2 fully saturated rings. The molecule has 6 rings (SSSR count). The number of anilines is 1. The minimum atomic E-state index is -1.01. The Hall–Kier alpha value is -4.11. The Bertz CT molecular complexity index is 1420. The van der Waals surface area contributed by atoms with E-state index in [0.717, 1.165) is 41.5 Å². The fourth-order valence-electron chi connectivity index (χ4n) is 5.26. The highest BCUT2D eigenvalue weighted by molar-refractivity contribution is 6.03. The molecule has 2 aliphatic rings. The summed E-state index contributed by atoms with van der Waals surface area (Å²) in [4.78, 5) is 23.0. The molecule has 2 aromatic carbocycles. The number of ether oxygens (including phenoxy) is 2. The minimum Gasteiger partial charge on any atom is -0.480 e. The van der Waals surface area contributed by atoms with Gasteiger partial charge in [0.2, 0.25) is 17.5 Å². The molecule has 0 unspecified atom stereocenters. The van der Waals surface area contributed by atoms with E-state index in [9.17, 15) is 9.90 Å². The lowest BCUT2D eigenvalue weighted by Gasteiger charge is -2.42. The number of methoxy groups -OCH3 is 1. The van der Waals surface area contributed by atoms with Crippen molar-refractivity contribution in [1.29, 1.82) is 0 Å². The number of nitrogens with zero attached hydrogens (tertiary/aromatic N) is 3. The average molecular weight is 501 g/mol. The monoisotopic (exact) mass is 500 g/mol. The number of carbonyl (C=O) groups is 1. The van der Waals surface area contributed by atoms with Gasteiger partial charge in [0.25, 0.3) is 0 Å². The van der Waals surface area contributed by atoms with E-state index >= 15 is 0 Å². The summed E-state index contributed by atoms with van der Waals surface area (Å²) < 4.78 is 17.7. The Morgan fingerprint density at radius 1 is 1.03 bits per heavy atom. The highest BCUT2D eigenvalue weighted by Gasteiger charge is 2.40. The van der Waals surface area contributed by atoms with Gasteiger partial charge in [-0.25, -0.2) is 4.79 Å². The lowest BCUT2D eigenvalue weighted by atomic mass is 9.72. The van der Waals surface area contributed by atoms with Crippen LogP contribution in [0.3, 0.4) is 0 Å². The number of rotatable bonds is 6. The largest absolute Gasteiger partial charge is 0.480 e. The van der Waals surface area contributed by atoms with Crippen molar-refractivity contribution in [3.05, 3.63) is 60.2 Å². The van der Waals surface area contributed by atoms with Crippen molar-refractivity contribution in [2.75, 3.05) is 38.3 Å². The van der Waals surface area contributed by atoms with Gasteiger partial charge in [0.1, 0.15) is 11.1 Å². The van der Waals surface area contributed by atoms with Gasteiger partial charge in [-0.2, -0.15) is 9.97 Å². The third kappa shape index (κ3) is 4.15. The Labute approximate surface area is 214 Å². The molecule has 0 atom stereocenters. The molecule has 9 heteroatoms. The Morgan fingerprint density at radius 2 is 1.76 bits per heavy atom. The first-order valence-corrected chi connectivity index (χ1v) is 12.5. The molecule has 1 aliphatic carbocycles. The fourth-order valence-corrected chi connectivity index (χ4v) is 5.26. The molecule has 9 nitrogen and oxygen atoms in total. The zero-order valence-electron chi connectivity index (χ0n) is 20.6. The van der Waals surface area contributed by atoms with Crippen LogP contribution in [0, 0.1) is 0 Å². The van der Waals surface area contributed by atoms with Crippen molar-refractivity contribution in [1.82, 2.24) is 15.3 Å². The predicted molar refractivity (Wildman–Crippen MR) is 139 cm³/mol. The highest BCUT2D eigenvalue weighted by Crippen LogP contribution is 2.46. The van der Waals surface area contributed by atoms with Crippen molar-refractivity contribution >= 4 is 23.1 Å². The zero-order valence-corrected chi connectivity index (χ0v) is 20.6. The first-order chi connectivity index (χ1) is 18.1. The smallest absolute Gasteiger partial charge is 0.405 e. The second kappa shape index (κ2) is 9.40. The van der Waals surface area contributed by atoms with Crippen molar-refractivity contribution in [3.8, 4) is 28.3 Å². The molecule has 4 aromatic rings. The van der Waals surface area contributed by atoms with Gasteiger partial charge in [0, 0.05) is 24.2 Å². The van der Waals surface area contributed by atoms with Gasteiger partial charge in [-0.3, -0.25) is 0 Å². The van der Waals surface area contributed by atoms with Crippen LogP contribution in [0.25, 0.3) is 33.6 Å². The van der Waals surface area contributed by atoms with Crippen molar-refractivity contribution in [2.45, 2.75) is 24.8 Å². The normalized spacial score (nSPS) is 16.8. The van der Waals surface area contributed by atoms with Crippen LogP contribution in [0.1, 0.15) is 24.8 Å². The third-order valence-electron chi connectivity index (χ3n) is 7.31. The minimum absolute atomic E-state index is 0.453. The number of benzene rings is 2. The summed E-state index contributed by atoms with van der Waals surface area (Å²) in [6, 6.07) is 17.9. The van der Waals surface area contributed by atoms with Crippen LogP contribution in [0.2, 0.25) is 0 Å². The van der Waals surface area contributed by atoms with Crippen LogP contribution in [-0.2, 0) is 10.3 Å². The molecule has 190 valence electrons. The first kappa shape index (κ1) is 23.3. The average Bonchev–Trinajstić information content (AvgIpc) is 3.31. The van der Waals surface area contributed by atoms with Crippen molar-refractivity contribution in [3.63, 3.8) is 0 Å². The molecular weight excluding hydrogens is 472 g/mol.